The molecule has 0 unspecified atom stereocenters. The summed E-state index contributed by atoms with van der Waals surface area (Å²) >= 11 is 0. The van der Waals surface area contributed by atoms with Gasteiger partial charge in [-0.15, -0.1) is 0 Å². The SMILES string of the molecule is Cc1c(-c2ccccc2)oc2c(C(=O)NCCCNc3ccccc3)cccc2c1=O. The van der Waals surface area contributed by atoms with E-state index in [0.29, 0.717) is 34.4 Å². The number of hydrogen-bond donors (Lipinski definition) is 2. The topological polar surface area (TPSA) is 71.3 Å². The van der Waals surface area contributed by atoms with Crippen molar-refractivity contribution in [3.05, 3.63) is 100 Å². The van der Waals surface area contributed by atoms with Crippen LogP contribution in [-0.4, -0.2) is 19.0 Å². The second kappa shape index (κ2) is 9.30. The summed E-state index contributed by atoms with van der Waals surface area (Å²) in [6, 6.07) is 24.5. The molecule has 0 saturated carbocycles. The molecule has 0 atom stereocenters. The minimum atomic E-state index is -0.253. The van der Waals surface area contributed by atoms with Crippen LogP contribution in [0.2, 0.25) is 0 Å². The van der Waals surface area contributed by atoms with E-state index < -0.39 is 0 Å². The van der Waals surface area contributed by atoms with Crippen molar-refractivity contribution in [1.29, 1.82) is 0 Å². The molecule has 4 aromatic rings. The van der Waals surface area contributed by atoms with Crippen molar-refractivity contribution in [2.24, 2.45) is 0 Å². The maximum atomic E-state index is 12.9. The number of fused-ring (bicyclic) bond motifs is 1. The minimum Gasteiger partial charge on any atom is -0.455 e. The van der Waals surface area contributed by atoms with E-state index in [1.54, 1.807) is 25.1 Å². The standard InChI is InChI=1S/C26H24N2O3/c1-18-23(29)21-14-8-15-22(25(21)31-24(18)19-10-4-2-5-11-19)26(30)28-17-9-16-27-20-12-6-3-7-13-20/h2-8,10-15,27H,9,16-17H2,1H3,(H,28,30). The summed E-state index contributed by atoms with van der Waals surface area (Å²) in [6.45, 7) is 3.00. The molecule has 0 saturated heterocycles. The van der Waals surface area contributed by atoms with Crippen LogP contribution in [0.25, 0.3) is 22.3 Å². The lowest BCUT2D eigenvalue weighted by atomic mass is 10.0. The van der Waals surface area contributed by atoms with E-state index in [1.807, 2.05) is 60.7 Å². The van der Waals surface area contributed by atoms with Crippen LogP contribution in [-0.2, 0) is 0 Å². The predicted molar refractivity (Wildman–Crippen MR) is 125 cm³/mol. The number of hydrogen-bond acceptors (Lipinski definition) is 4. The Kier molecular flexibility index (Phi) is 6.13. The molecule has 4 rings (SSSR count). The van der Waals surface area contributed by atoms with Crippen LogP contribution in [0.3, 0.4) is 0 Å². The van der Waals surface area contributed by atoms with Gasteiger partial charge in [0.05, 0.1) is 10.9 Å². The predicted octanol–water partition coefficient (Wildman–Crippen LogP) is 5.00. The average molecular weight is 412 g/mol. The first kappa shape index (κ1) is 20.4. The number of anilines is 1. The van der Waals surface area contributed by atoms with Gasteiger partial charge in [-0.05, 0) is 37.6 Å². The Labute approximate surface area is 180 Å². The number of amides is 1. The first-order chi connectivity index (χ1) is 15.1. The van der Waals surface area contributed by atoms with Crippen molar-refractivity contribution < 1.29 is 9.21 Å². The van der Waals surface area contributed by atoms with Crippen molar-refractivity contribution in [1.82, 2.24) is 5.32 Å². The first-order valence-corrected chi connectivity index (χ1v) is 10.3. The van der Waals surface area contributed by atoms with Gasteiger partial charge in [-0.2, -0.15) is 0 Å². The lowest BCUT2D eigenvalue weighted by molar-refractivity contribution is 0.0954. The molecular weight excluding hydrogens is 388 g/mol. The van der Waals surface area contributed by atoms with Gasteiger partial charge in [-0.1, -0.05) is 54.6 Å². The van der Waals surface area contributed by atoms with Crippen LogP contribution in [0.1, 0.15) is 22.3 Å². The summed E-state index contributed by atoms with van der Waals surface area (Å²) in [4.78, 5) is 25.8. The maximum Gasteiger partial charge on any atom is 0.255 e. The molecule has 0 bridgehead atoms. The Bertz CT molecular complexity index is 1250. The van der Waals surface area contributed by atoms with E-state index in [1.165, 1.54) is 0 Å². The lowest BCUT2D eigenvalue weighted by Crippen LogP contribution is -2.26. The molecular formula is C26H24N2O3. The van der Waals surface area contributed by atoms with Gasteiger partial charge in [-0.3, -0.25) is 9.59 Å². The molecule has 31 heavy (non-hydrogen) atoms. The van der Waals surface area contributed by atoms with E-state index in [0.717, 1.165) is 24.2 Å². The van der Waals surface area contributed by atoms with Gasteiger partial charge < -0.3 is 15.1 Å². The third kappa shape index (κ3) is 4.51. The highest BCUT2D eigenvalue weighted by Gasteiger charge is 2.18. The Morgan fingerprint density at radius 3 is 2.32 bits per heavy atom. The van der Waals surface area contributed by atoms with Crippen LogP contribution in [0.4, 0.5) is 5.69 Å². The third-order valence-electron chi connectivity index (χ3n) is 5.17. The minimum absolute atomic E-state index is 0.123. The first-order valence-electron chi connectivity index (χ1n) is 10.3. The van der Waals surface area contributed by atoms with Crippen molar-refractivity contribution >= 4 is 22.6 Å². The average Bonchev–Trinajstić information content (AvgIpc) is 2.82. The summed E-state index contributed by atoms with van der Waals surface area (Å²) < 4.78 is 6.12. The molecule has 1 heterocycles. The molecule has 0 spiro atoms. The number of benzene rings is 3. The summed E-state index contributed by atoms with van der Waals surface area (Å²) in [5.41, 5.74) is 2.94. The van der Waals surface area contributed by atoms with Crippen molar-refractivity contribution in [3.8, 4) is 11.3 Å². The number of rotatable bonds is 7. The molecule has 0 aliphatic heterocycles. The number of carbonyl (C=O) groups is 1. The zero-order valence-electron chi connectivity index (χ0n) is 17.4. The molecule has 5 heteroatoms. The fraction of sp³-hybridized carbons (Fsp3) is 0.154. The molecule has 0 aliphatic carbocycles. The van der Waals surface area contributed by atoms with Crippen LogP contribution >= 0.6 is 0 Å². The Morgan fingerprint density at radius 1 is 0.871 bits per heavy atom. The largest absolute Gasteiger partial charge is 0.455 e. The monoisotopic (exact) mass is 412 g/mol. The second-order valence-corrected chi connectivity index (χ2v) is 7.34. The van der Waals surface area contributed by atoms with Gasteiger partial charge in [0.1, 0.15) is 5.76 Å². The second-order valence-electron chi connectivity index (χ2n) is 7.34. The van der Waals surface area contributed by atoms with E-state index >= 15 is 0 Å². The van der Waals surface area contributed by atoms with Gasteiger partial charge in [0.25, 0.3) is 5.91 Å². The van der Waals surface area contributed by atoms with E-state index in [9.17, 15) is 9.59 Å². The third-order valence-corrected chi connectivity index (χ3v) is 5.17. The van der Waals surface area contributed by atoms with Gasteiger partial charge in [-0.25, -0.2) is 0 Å². The van der Waals surface area contributed by atoms with Gasteiger partial charge in [0.2, 0.25) is 0 Å². The van der Waals surface area contributed by atoms with E-state index in [-0.39, 0.29) is 11.3 Å². The van der Waals surface area contributed by atoms with Crippen LogP contribution < -0.4 is 16.1 Å². The Balaban J connectivity index is 1.52. The Hall–Kier alpha value is -3.86. The van der Waals surface area contributed by atoms with E-state index in [4.69, 9.17) is 4.42 Å². The van der Waals surface area contributed by atoms with Crippen LogP contribution in [0.15, 0.2) is 88.1 Å². The number of para-hydroxylation sites is 2. The molecule has 5 nitrogen and oxygen atoms in total. The lowest BCUT2D eigenvalue weighted by Gasteiger charge is -2.11. The highest BCUT2D eigenvalue weighted by molar-refractivity contribution is 6.05. The number of nitrogens with one attached hydrogen (secondary N) is 2. The van der Waals surface area contributed by atoms with Gasteiger partial charge in [0.15, 0.2) is 11.0 Å². The molecule has 0 aliphatic rings. The summed E-state index contributed by atoms with van der Waals surface area (Å²) in [6.07, 6.45) is 0.768. The highest BCUT2D eigenvalue weighted by atomic mass is 16.3. The zero-order chi connectivity index (χ0) is 21.6. The van der Waals surface area contributed by atoms with E-state index in [2.05, 4.69) is 10.6 Å². The maximum absolute atomic E-state index is 12.9. The van der Waals surface area contributed by atoms with Crippen LogP contribution in [0, 0.1) is 6.92 Å². The number of carbonyl (C=O) groups excluding carboxylic acids is 1. The molecule has 3 aromatic carbocycles. The molecule has 1 aromatic heterocycles. The summed E-state index contributed by atoms with van der Waals surface area (Å²) in [7, 11) is 0. The Morgan fingerprint density at radius 2 is 1.58 bits per heavy atom. The van der Waals surface area contributed by atoms with Crippen molar-refractivity contribution in [2.45, 2.75) is 13.3 Å². The molecule has 1 amide bonds. The van der Waals surface area contributed by atoms with Gasteiger partial charge >= 0.3 is 0 Å². The van der Waals surface area contributed by atoms with Crippen molar-refractivity contribution in [3.63, 3.8) is 0 Å². The fourth-order valence-corrected chi connectivity index (χ4v) is 3.53. The molecule has 156 valence electrons. The molecule has 2 N–H and O–H groups in total. The zero-order valence-corrected chi connectivity index (χ0v) is 17.4. The smallest absolute Gasteiger partial charge is 0.255 e. The molecule has 0 fully saturated rings. The molecule has 0 radical (unpaired) electrons. The van der Waals surface area contributed by atoms with Crippen LogP contribution in [0.5, 0.6) is 0 Å². The summed E-state index contributed by atoms with van der Waals surface area (Å²) in [5, 5.41) is 6.66. The fourth-order valence-electron chi connectivity index (χ4n) is 3.53. The normalized spacial score (nSPS) is 10.7. The van der Waals surface area contributed by atoms with Crippen molar-refractivity contribution in [2.75, 3.05) is 18.4 Å². The van der Waals surface area contributed by atoms with Gasteiger partial charge in [0, 0.05) is 29.9 Å². The highest BCUT2D eigenvalue weighted by Crippen LogP contribution is 2.27. The summed E-state index contributed by atoms with van der Waals surface area (Å²) in [5.74, 6) is 0.238. The quantitative estimate of drug-likeness (QED) is 0.419.